The number of rotatable bonds is 6. The summed E-state index contributed by atoms with van der Waals surface area (Å²) in [6.45, 7) is 6.39. The van der Waals surface area contributed by atoms with Crippen molar-refractivity contribution in [2.75, 3.05) is 6.61 Å². The number of aryl methyl sites for hydroxylation is 1. The molecule has 0 aliphatic rings. The first kappa shape index (κ1) is 15.7. The van der Waals surface area contributed by atoms with Crippen molar-refractivity contribution in [1.29, 1.82) is 0 Å². The van der Waals surface area contributed by atoms with E-state index in [1.54, 1.807) is 22.0 Å². The van der Waals surface area contributed by atoms with Crippen LogP contribution in [0, 0.1) is 12.8 Å². The fourth-order valence-electron chi connectivity index (χ4n) is 2.38. The summed E-state index contributed by atoms with van der Waals surface area (Å²) in [7, 11) is 0. The SMILES string of the molecule is Cc1ncsc1CCOc1ccc2c(C(=O)C(C)C)cnn2c1. The van der Waals surface area contributed by atoms with Crippen molar-refractivity contribution < 1.29 is 9.53 Å². The van der Waals surface area contributed by atoms with Crippen molar-refractivity contribution in [2.24, 2.45) is 5.92 Å². The van der Waals surface area contributed by atoms with Crippen LogP contribution in [0.15, 0.2) is 30.0 Å². The van der Waals surface area contributed by atoms with Crippen LogP contribution in [-0.2, 0) is 6.42 Å². The Bertz CT molecular complexity index is 835. The zero-order chi connectivity index (χ0) is 16.4. The van der Waals surface area contributed by atoms with Gasteiger partial charge in [0.2, 0.25) is 0 Å². The number of Topliss-reactive ketones (excluding diaryl/α,β-unsaturated/α-hetero) is 1. The number of carbonyl (C=O) groups is 1. The molecule has 0 bridgehead atoms. The minimum absolute atomic E-state index is 0.0402. The topological polar surface area (TPSA) is 56.5 Å². The Morgan fingerprint density at radius 1 is 1.39 bits per heavy atom. The molecule has 0 aliphatic heterocycles. The van der Waals surface area contributed by atoms with E-state index in [9.17, 15) is 4.79 Å². The summed E-state index contributed by atoms with van der Waals surface area (Å²) in [4.78, 5) is 17.6. The van der Waals surface area contributed by atoms with E-state index in [0.717, 1.165) is 23.4 Å². The van der Waals surface area contributed by atoms with Crippen LogP contribution < -0.4 is 4.74 Å². The third-order valence-electron chi connectivity index (χ3n) is 3.72. The highest BCUT2D eigenvalue weighted by molar-refractivity contribution is 7.09. The molecule has 0 aliphatic carbocycles. The van der Waals surface area contributed by atoms with Gasteiger partial charge in [0, 0.05) is 17.2 Å². The van der Waals surface area contributed by atoms with Gasteiger partial charge in [-0.2, -0.15) is 5.10 Å². The Labute approximate surface area is 138 Å². The molecule has 3 aromatic heterocycles. The number of ketones is 1. The highest BCUT2D eigenvalue weighted by Crippen LogP contribution is 2.20. The second-order valence-electron chi connectivity index (χ2n) is 5.73. The highest BCUT2D eigenvalue weighted by atomic mass is 32.1. The number of ether oxygens (including phenoxy) is 1. The molecule has 120 valence electrons. The molecule has 0 aromatic carbocycles. The van der Waals surface area contributed by atoms with Crippen LogP contribution in [0.4, 0.5) is 0 Å². The number of nitrogens with zero attached hydrogens (tertiary/aromatic N) is 3. The van der Waals surface area contributed by atoms with E-state index in [-0.39, 0.29) is 11.7 Å². The van der Waals surface area contributed by atoms with E-state index in [2.05, 4.69) is 10.1 Å². The summed E-state index contributed by atoms with van der Waals surface area (Å²) in [6.07, 6.45) is 4.28. The second kappa shape index (κ2) is 6.50. The van der Waals surface area contributed by atoms with Crippen molar-refractivity contribution >= 4 is 22.6 Å². The minimum Gasteiger partial charge on any atom is -0.492 e. The molecule has 3 heterocycles. The van der Waals surface area contributed by atoms with Crippen molar-refractivity contribution in [2.45, 2.75) is 27.2 Å². The lowest BCUT2D eigenvalue weighted by molar-refractivity contribution is 0.0941. The number of carbonyl (C=O) groups excluding carboxylic acids is 1. The molecule has 3 rings (SSSR count). The number of thiazole rings is 1. The average Bonchev–Trinajstić information content (AvgIpc) is 3.12. The molecule has 0 amide bonds. The number of fused-ring (bicyclic) bond motifs is 1. The number of hydrogen-bond acceptors (Lipinski definition) is 5. The first-order valence-electron chi connectivity index (χ1n) is 7.59. The van der Waals surface area contributed by atoms with Gasteiger partial charge in [-0.15, -0.1) is 11.3 Å². The molecule has 0 N–H and O–H groups in total. The van der Waals surface area contributed by atoms with Crippen molar-refractivity contribution in [3.05, 3.63) is 46.2 Å². The van der Waals surface area contributed by atoms with Gasteiger partial charge in [0.1, 0.15) is 5.75 Å². The van der Waals surface area contributed by atoms with Crippen LogP contribution in [0.25, 0.3) is 5.52 Å². The van der Waals surface area contributed by atoms with Gasteiger partial charge in [0.25, 0.3) is 0 Å². The Balaban J connectivity index is 1.71. The Morgan fingerprint density at radius 2 is 2.22 bits per heavy atom. The smallest absolute Gasteiger partial charge is 0.169 e. The molecule has 6 heteroatoms. The molecule has 5 nitrogen and oxygen atoms in total. The van der Waals surface area contributed by atoms with Gasteiger partial charge < -0.3 is 4.74 Å². The summed E-state index contributed by atoms with van der Waals surface area (Å²) in [5, 5.41) is 4.26. The summed E-state index contributed by atoms with van der Waals surface area (Å²) >= 11 is 1.65. The normalized spacial score (nSPS) is 11.3. The van der Waals surface area contributed by atoms with Crippen molar-refractivity contribution in [1.82, 2.24) is 14.6 Å². The molecule has 23 heavy (non-hydrogen) atoms. The molecule has 0 spiro atoms. The van der Waals surface area contributed by atoms with Crippen LogP contribution in [0.2, 0.25) is 0 Å². The Hall–Kier alpha value is -2.21. The molecular weight excluding hydrogens is 310 g/mol. The van der Waals surface area contributed by atoms with Crippen molar-refractivity contribution in [3.8, 4) is 5.75 Å². The lowest BCUT2D eigenvalue weighted by atomic mass is 10.0. The monoisotopic (exact) mass is 329 g/mol. The van der Waals surface area contributed by atoms with Gasteiger partial charge in [0.15, 0.2) is 5.78 Å². The average molecular weight is 329 g/mol. The van der Waals surface area contributed by atoms with Crippen LogP contribution in [0.5, 0.6) is 5.75 Å². The van der Waals surface area contributed by atoms with Crippen LogP contribution in [-0.4, -0.2) is 27.0 Å². The van der Waals surface area contributed by atoms with Gasteiger partial charge in [-0.25, -0.2) is 9.50 Å². The fraction of sp³-hybridized carbons (Fsp3) is 0.353. The maximum atomic E-state index is 12.2. The summed E-state index contributed by atoms with van der Waals surface area (Å²) in [5.74, 6) is 0.808. The zero-order valence-electron chi connectivity index (χ0n) is 13.4. The highest BCUT2D eigenvalue weighted by Gasteiger charge is 2.16. The fourth-order valence-corrected chi connectivity index (χ4v) is 3.14. The van der Waals surface area contributed by atoms with E-state index < -0.39 is 0 Å². The van der Waals surface area contributed by atoms with Gasteiger partial charge >= 0.3 is 0 Å². The van der Waals surface area contributed by atoms with E-state index in [4.69, 9.17) is 4.74 Å². The van der Waals surface area contributed by atoms with Crippen LogP contribution >= 0.6 is 11.3 Å². The molecule has 0 saturated heterocycles. The molecule has 3 aromatic rings. The molecular formula is C17H19N3O2S. The summed E-state index contributed by atoms with van der Waals surface area (Å²) in [5.41, 5.74) is 4.40. The van der Waals surface area contributed by atoms with E-state index in [1.807, 2.05) is 44.6 Å². The van der Waals surface area contributed by atoms with E-state index in [1.165, 1.54) is 4.88 Å². The first-order valence-corrected chi connectivity index (χ1v) is 8.47. The zero-order valence-corrected chi connectivity index (χ0v) is 14.3. The van der Waals surface area contributed by atoms with Gasteiger partial charge in [-0.1, -0.05) is 13.8 Å². The Morgan fingerprint density at radius 3 is 2.91 bits per heavy atom. The second-order valence-corrected chi connectivity index (χ2v) is 6.67. The standard InChI is InChI=1S/C17H19N3O2S/c1-11(2)17(21)14-8-19-20-9-13(4-5-15(14)20)22-7-6-16-12(3)18-10-23-16/h4-5,8-11H,6-7H2,1-3H3. The third kappa shape index (κ3) is 3.27. The van der Waals surface area contributed by atoms with Gasteiger partial charge in [0.05, 0.1) is 41.3 Å². The predicted molar refractivity (Wildman–Crippen MR) is 90.4 cm³/mol. The van der Waals surface area contributed by atoms with Crippen LogP contribution in [0.1, 0.15) is 34.8 Å². The van der Waals surface area contributed by atoms with Gasteiger partial charge in [-0.3, -0.25) is 4.79 Å². The lowest BCUT2D eigenvalue weighted by Gasteiger charge is -2.07. The molecule has 0 fully saturated rings. The lowest BCUT2D eigenvalue weighted by Crippen LogP contribution is -2.07. The number of aromatic nitrogens is 3. The van der Waals surface area contributed by atoms with Crippen molar-refractivity contribution in [3.63, 3.8) is 0 Å². The maximum Gasteiger partial charge on any atom is 0.169 e. The first-order chi connectivity index (χ1) is 11.1. The third-order valence-corrected chi connectivity index (χ3v) is 4.72. The molecule has 0 unspecified atom stereocenters. The minimum atomic E-state index is -0.0402. The van der Waals surface area contributed by atoms with Crippen LogP contribution in [0.3, 0.4) is 0 Å². The Kier molecular flexibility index (Phi) is 4.43. The molecule has 0 saturated carbocycles. The van der Waals surface area contributed by atoms with E-state index in [0.29, 0.717) is 12.2 Å². The van der Waals surface area contributed by atoms with Gasteiger partial charge in [-0.05, 0) is 19.1 Å². The predicted octanol–water partition coefficient (Wildman–Crippen LogP) is 3.56. The number of hydrogen-bond donors (Lipinski definition) is 0. The molecule has 0 radical (unpaired) electrons. The largest absolute Gasteiger partial charge is 0.492 e. The summed E-state index contributed by atoms with van der Waals surface area (Å²) < 4.78 is 7.49. The van der Waals surface area contributed by atoms with E-state index >= 15 is 0 Å². The summed E-state index contributed by atoms with van der Waals surface area (Å²) in [6, 6.07) is 3.77. The quantitative estimate of drug-likeness (QED) is 0.649. The molecule has 0 atom stereocenters. The maximum absolute atomic E-state index is 12.2. The number of pyridine rings is 1.